The number of piperazine rings is 1. The minimum absolute atomic E-state index is 0.0416. The molecule has 0 spiro atoms. The maximum atomic E-state index is 13.7. The summed E-state index contributed by atoms with van der Waals surface area (Å²) in [7, 11) is 0. The van der Waals surface area contributed by atoms with E-state index in [0.29, 0.717) is 56.8 Å². The topological polar surface area (TPSA) is 105 Å². The van der Waals surface area contributed by atoms with Gasteiger partial charge in [0.15, 0.2) is 0 Å². The van der Waals surface area contributed by atoms with Crippen LogP contribution in [0.5, 0.6) is 0 Å². The molecule has 0 saturated carbocycles. The average molecular weight is 605 g/mol. The Morgan fingerprint density at radius 2 is 1.54 bits per heavy atom. The first kappa shape index (κ1) is 30.7. The van der Waals surface area contributed by atoms with E-state index in [1.807, 2.05) is 0 Å². The molecule has 0 aliphatic carbocycles. The average Bonchev–Trinajstić information content (AvgIpc) is 2.93. The van der Waals surface area contributed by atoms with E-state index < -0.39 is 11.9 Å². The summed E-state index contributed by atoms with van der Waals surface area (Å²) in [5.74, 6) is -1.54. The molecule has 1 saturated heterocycles. The highest BCUT2D eigenvalue weighted by atomic mass is 35.5. The molecular formula is C30H33Cl2F2N5O2. The normalized spacial score (nSPS) is 15.7. The maximum Gasteiger partial charge on any atom is 0.241 e. The molecule has 0 radical (unpaired) electrons. The summed E-state index contributed by atoms with van der Waals surface area (Å²) in [5.41, 5.74) is 14.0. The molecule has 218 valence electrons. The zero-order valence-electron chi connectivity index (χ0n) is 22.5. The van der Waals surface area contributed by atoms with Crippen LogP contribution in [0.4, 0.5) is 20.2 Å². The lowest BCUT2D eigenvalue weighted by atomic mass is 9.87. The first-order valence-electron chi connectivity index (χ1n) is 13.4. The number of nitrogen functional groups attached to an aromatic ring is 1. The number of halogens is 4. The minimum Gasteiger partial charge on any atom is -0.399 e. The van der Waals surface area contributed by atoms with Gasteiger partial charge in [0, 0.05) is 37.8 Å². The Kier molecular flexibility index (Phi) is 10.6. The fraction of sp³-hybridized carbons (Fsp3) is 0.333. The minimum atomic E-state index is -0.612. The third-order valence-electron chi connectivity index (χ3n) is 7.30. The van der Waals surface area contributed by atoms with Gasteiger partial charge in [-0.1, -0.05) is 53.9 Å². The predicted molar refractivity (Wildman–Crippen MR) is 159 cm³/mol. The predicted octanol–water partition coefficient (Wildman–Crippen LogP) is 4.95. The number of amides is 2. The molecule has 1 aliphatic heterocycles. The Bertz CT molecular complexity index is 1290. The molecule has 5 N–H and O–H groups in total. The molecule has 2 amide bonds. The second-order valence-corrected chi connectivity index (χ2v) is 10.9. The maximum absolute atomic E-state index is 13.7. The molecule has 1 atom stereocenters. The Hall–Kier alpha value is -3.24. The second-order valence-electron chi connectivity index (χ2n) is 10.1. The number of carbonyl (C=O) groups is 2. The van der Waals surface area contributed by atoms with Gasteiger partial charge < -0.3 is 21.7 Å². The first-order chi connectivity index (χ1) is 19.6. The summed E-state index contributed by atoms with van der Waals surface area (Å²) in [4.78, 5) is 29.0. The summed E-state index contributed by atoms with van der Waals surface area (Å²) >= 11 is 13.1. The zero-order chi connectivity index (χ0) is 29.5. The van der Waals surface area contributed by atoms with Crippen molar-refractivity contribution in [2.45, 2.75) is 31.2 Å². The van der Waals surface area contributed by atoms with Crippen molar-refractivity contribution in [3.8, 4) is 0 Å². The Balaban J connectivity index is 1.52. The van der Waals surface area contributed by atoms with Crippen LogP contribution in [0.2, 0.25) is 10.0 Å². The van der Waals surface area contributed by atoms with Crippen LogP contribution < -0.4 is 21.7 Å². The summed E-state index contributed by atoms with van der Waals surface area (Å²) in [6, 6.07) is 15.0. The van der Waals surface area contributed by atoms with Crippen molar-refractivity contribution in [1.29, 1.82) is 0 Å². The van der Waals surface area contributed by atoms with Gasteiger partial charge in [-0.3, -0.25) is 14.5 Å². The molecule has 1 fully saturated rings. The molecule has 4 rings (SSSR count). The van der Waals surface area contributed by atoms with Crippen LogP contribution in [0.3, 0.4) is 0 Å². The largest absolute Gasteiger partial charge is 0.399 e. The highest BCUT2D eigenvalue weighted by Gasteiger charge is 2.31. The number of carbonyl (C=O) groups excluding carboxylic acids is 2. The second kappa shape index (κ2) is 14.1. The monoisotopic (exact) mass is 603 g/mol. The molecule has 41 heavy (non-hydrogen) atoms. The molecule has 0 bridgehead atoms. The fourth-order valence-corrected chi connectivity index (χ4v) is 5.92. The van der Waals surface area contributed by atoms with Crippen LogP contribution in [-0.2, 0) is 9.59 Å². The van der Waals surface area contributed by atoms with E-state index in [1.165, 1.54) is 29.2 Å². The SMILES string of the molecule is NC(=O)C1CNCCN1CC(=O)N(CCCCC(c1ccc(F)cc1)c1ccc(F)cc1)c1c(Cl)cc(N)cc1Cl. The molecule has 11 heteroatoms. The van der Waals surface area contributed by atoms with Crippen molar-refractivity contribution >= 4 is 46.4 Å². The number of anilines is 2. The number of hydrogen-bond donors (Lipinski definition) is 3. The number of nitrogens with two attached hydrogens (primary N) is 2. The van der Waals surface area contributed by atoms with Gasteiger partial charge in [0.05, 0.1) is 22.3 Å². The Labute approximate surface area is 248 Å². The van der Waals surface area contributed by atoms with Crippen LogP contribution >= 0.6 is 23.2 Å². The van der Waals surface area contributed by atoms with E-state index in [2.05, 4.69) is 5.32 Å². The Morgan fingerprint density at radius 1 is 0.976 bits per heavy atom. The van der Waals surface area contributed by atoms with Crippen molar-refractivity contribution in [2.24, 2.45) is 5.73 Å². The molecular weight excluding hydrogens is 571 g/mol. The van der Waals surface area contributed by atoms with E-state index in [4.69, 9.17) is 34.7 Å². The number of nitrogens with zero attached hydrogens (tertiary/aromatic N) is 2. The summed E-state index contributed by atoms with van der Waals surface area (Å²) < 4.78 is 27.2. The van der Waals surface area contributed by atoms with Crippen molar-refractivity contribution in [3.05, 3.63) is 93.5 Å². The van der Waals surface area contributed by atoms with Gasteiger partial charge in [0.25, 0.3) is 0 Å². The lowest BCUT2D eigenvalue weighted by molar-refractivity contribution is -0.126. The quantitative estimate of drug-likeness (QED) is 0.212. The summed E-state index contributed by atoms with van der Waals surface area (Å²) in [6.07, 6.45) is 1.94. The molecule has 3 aromatic rings. The highest BCUT2D eigenvalue weighted by Crippen LogP contribution is 2.37. The third kappa shape index (κ3) is 7.95. The number of nitrogens with one attached hydrogen (secondary N) is 1. The van der Waals surface area contributed by atoms with Crippen LogP contribution in [-0.4, -0.2) is 55.5 Å². The van der Waals surface area contributed by atoms with Gasteiger partial charge in [0.2, 0.25) is 11.8 Å². The van der Waals surface area contributed by atoms with Crippen LogP contribution in [0.15, 0.2) is 60.7 Å². The van der Waals surface area contributed by atoms with E-state index in [-0.39, 0.29) is 40.0 Å². The van der Waals surface area contributed by atoms with Crippen LogP contribution in [0.1, 0.15) is 36.3 Å². The van der Waals surface area contributed by atoms with Crippen LogP contribution in [0.25, 0.3) is 0 Å². The summed E-state index contributed by atoms with van der Waals surface area (Å²) in [5, 5.41) is 3.61. The molecule has 0 aromatic heterocycles. The lowest BCUT2D eigenvalue weighted by Crippen LogP contribution is -2.59. The van der Waals surface area contributed by atoms with Gasteiger partial charge >= 0.3 is 0 Å². The van der Waals surface area contributed by atoms with Crippen molar-refractivity contribution < 1.29 is 18.4 Å². The number of primary amides is 1. The Morgan fingerprint density at radius 3 is 2.07 bits per heavy atom. The van der Waals surface area contributed by atoms with Gasteiger partial charge in [0.1, 0.15) is 17.7 Å². The molecule has 1 unspecified atom stereocenters. The number of benzene rings is 3. The third-order valence-corrected chi connectivity index (χ3v) is 7.88. The first-order valence-corrected chi connectivity index (χ1v) is 14.2. The van der Waals surface area contributed by atoms with Crippen molar-refractivity contribution in [2.75, 3.05) is 43.4 Å². The van der Waals surface area contributed by atoms with Crippen molar-refractivity contribution in [3.63, 3.8) is 0 Å². The van der Waals surface area contributed by atoms with Crippen molar-refractivity contribution in [1.82, 2.24) is 10.2 Å². The van der Waals surface area contributed by atoms with E-state index in [1.54, 1.807) is 41.3 Å². The van der Waals surface area contributed by atoms with E-state index in [9.17, 15) is 18.4 Å². The zero-order valence-corrected chi connectivity index (χ0v) is 24.0. The number of unbranched alkanes of at least 4 members (excludes halogenated alkanes) is 1. The molecule has 7 nitrogen and oxygen atoms in total. The highest BCUT2D eigenvalue weighted by molar-refractivity contribution is 6.40. The van der Waals surface area contributed by atoms with Gasteiger partial charge in [-0.25, -0.2) is 8.78 Å². The lowest BCUT2D eigenvalue weighted by Gasteiger charge is -2.35. The van der Waals surface area contributed by atoms with E-state index in [0.717, 1.165) is 11.1 Å². The smallest absolute Gasteiger partial charge is 0.241 e. The standard InChI is InChI=1S/C30H33Cl2F2N5O2/c31-25-15-23(35)16-26(32)29(25)39(28(40)18-38-14-12-37-17-27(38)30(36)41)13-2-1-3-24(19-4-8-21(33)9-5-19)20-6-10-22(34)11-7-20/h4-11,15-16,24,27,37H,1-3,12-14,17-18,35H2,(H2,36,41). The van der Waals surface area contributed by atoms with Crippen LogP contribution in [0, 0.1) is 11.6 Å². The van der Waals surface area contributed by atoms with E-state index >= 15 is 0 Å². The number of hydrogen-bond acceptors (Lipinski definition) is 5. The molecule has 3 aromatic carbocycles. The van der Waals surface area contributed by atoms with Gasteiger partial charge in [-0.15, -0.1) is 0 Å². The van der Waals surface area contributed by atoms with Gasteiger partial charge in [-0.05, 0) is 60.4 Å². The fourth-order valence-electron chi connectivity index (χ4n) is 5.21. The number of rotatable bonds is 11. The molecule has 1 aliphatic rings. The molecule has 1 heterocycles. The summed E-state index contributed by atoms with van der Waals surface area (Å²) in [6.45, 7) is 1.72. The van der Waals surface area contributed by atoms with Gasteiger partial charge in [-0.2, -0.15) is 0 Å².